The molecule has 3 unspecified atom stereocenters. The lowest BCUT2D eigenvalue weighted by molar-refractivity contribution is 0.0399. The Labute approximate surface area is 128 Å². The smallest absolute Gasteiger partial charge is 0.123 e. The van der Waals surface area contributed by atoms with E-state index in [4.69, 9.17) is 0 Å². The highest BCUT2D eigenvalue weighted by Crippen LogP contribution is 2.39. The first-order valence-corrected chi connectivity index (χ1v) is 8.07. The summed E-state index contributed by atoms with van der Waals surface area (Å²) in [4.78, 5) is 2.41. The summed E-state index contributed by atoms with van der Waals surface area (Å²) in [6, 6.07) is 7.34. The minimum Gasteiger partial charge on any atom is -0.315 e. The maximum atomic E-state index is 13.1. The Morgan fingerprint density at radius 2 is 2.00 bits per heavy atom. The molecule has 3 atom stereocenters. The van der Waals surface area contributed by atoms with Crippen LogP contribution in [0, 0.1) is 11.7 Å². The van der Waals surface area contributed by atoms with Crippen molar-refractivity contribution >= 4 is 0 Å². The van der Waals surface area contributed by atoms with Crippen molar-refractivity contribution in [2.45, 2.75) is 50.6 Å². The van der Waals surface area contributed by atoms with Crippen LogP contribution in [0.3, 0.4) is 0 Å². The number of benzene rings is 1. The van der Waals surface area contributed by atoms with E-state index in [0.29, 0.717) is 6.04 Å². The first-order chi connectivity index (χ1) is 9.98. The van der Waals surface area contributed by atoms with Crippen LogP contribution < -0.4 is 5.32 Å². The van der Waals surface area contributed by atoms with Gasteiger partial charge in [0.2, 0.25) is 0 Å². The molecule has 0 aromatic heterocycles. The molecule has 0 aliphatic heterocycles. The predicted octanol–water partition coefficient (Wildman–Crippen LogP) is 3.47. The molecular formula is C18H29FN2. The van der Waals surface area contributed by atoms with Crippen LogP contribution in [0.2, 0.25) is 0 Å². The molecule has 21 heavy (non-hydrogen) atoms. The van der Waals surface area contributed by atoms with Gasteiger partial charge in [-0.1, -0.05) is 31.9 Å². The van der Waals surface area contributed by atoms with Gasteiger partial charge in [-0.3, -0.25) is 0 Å². The highest BCUT2D eigenvalue weighted by Gasteiger charge is 2.42. The minimum absolute atomic E-state index is 0.159. The fourth-order valence-corrected chi connectivity index (χ4v) is 4.02. The second-order valence-electron chi connectivity index (χ2n) is 6.87. The van der Waals surface area contributed by atoms with Gasteiger partial charge in [0, 0.05) is 11.6 Å². The van der Waals surface area contributed by atoms with Gasteiger partial charge in [-0.25, -0.2) is 4.39 Å². The van der Waals surface area contributed by atoms with Gasteiger partial charge in [-0.2, -0.15) is 0 Å². The molecule has 1 aromatic rings. The zero-order valence-corrected chi connectivity index (χ0v) is 13.8. The molecule has 1 aromatic carbocycles. The molecule has 0 bridgehead atoms. The molecule has 118 valence electrons. The molecule has 1 aliphatic carbocycles. The molecule has 2 rings (SSSR count). The number of rotatable bonds is 5. The summed E-state index contributed by atoms with van der Waals surface area (Å²) in [6.07, 6.45) is 6.04. The van der Waals surface area contributed by atoms with Gasteiger partial charge in [0.25, 0.3) is 0 Å². The predicted molar refractivity (Wildman–Crippen MR) is 87.0 cm³/mol. The lowest BCUT2D eigenvalue weighted by atomic mass is 9.70. The van der Waals surface area contributed by atoms with Crippen molar-refractivity contribution in [3.8, 4) is 0 Å². The minimum atomic E-state index is -0.159. The topological polar surface area (TPSA) is 15.3 Å². The van der Waals surface area contributed by atoms with Crippen LogP contribution in [0.5, 0.6) is 0 Å². The van der Waals surface area contributed by atoms with Gasteiger partial charge in [-0.05, 0) is 64.0 Å². The molecule has 0 radical (unpaired) electrons. The van der Waals surface area contributed by atoms with E-state index >= 15 is 0 Å². The third-order valence-corrected chi connectivity index (χ3v) is 5.25. The maximum Gasteiger partial charge on any atom is 0.123 e. The van der Waals surface area contributed by atoms with Crippen LogP contribution in [0.15, 0.2) is 24.3 Å². The molecule has 1 saturated carbocycles. The third kappa shape index (κ3) is 3.64. The fraction of sp³-hybridized carbons (Fsp3) is 0.667. The summed E-state index contributed by atoms with van der Waals surface area (Å²) >= 11 is 0. The van der Waals surface area contributed by atoms with Crippen molar-refractivity contribution in [2.24, 2.45) is 5.92 Å². The summed E-state index contributed by atoms with van der Waals surface area (Å²) in [5.74, 6) is 0.610. The van der Waals surface area contributed by atoms with Crippen LogP contribution in [-0.2, 0) is 6.42 Å². The quantitative estimate of drug-likeness (QED) is 0.894. The summed E-state index contributed by atoms with van der Waals surface area (Å²) in [5, 5.41) is 3.54. The van der Waals surface area contributed by atoms with E-state index in [2.05, 4.69) is 38.3 Å². The van der Waals surface area contributed by atoms with Crippen molar-refractivity contribution in [3.05, 3.63) is 35.6 Å². The summed E-state index contributed by atoms with van der Waals surface area (Å²) in [5.41, 5.74) is 1.40. The standard InChI is InChI=1S/C18H29FN2/c1-14-6-5-11-18(13-14,21(3)4)17(20-2)12-15-7-9-16(19)10-8-15/h7-10,14,17,20H,5-6,11-13H2,1-4H3. The molecule has 1 N–H and O–H groups in total. The van der Waals surface area contributed by atoms with E-state index in [9.17, 15) is 4.39 Å². The van der Waals surface area contributed by atoms with Gasteiger partial charge in [-0.15, -0.1) is 0 Å². The zero-order chi connectivity index (χ0) is 15.5. The molecule has 0 spiro atoms. The third-order valence-electron chi connectivity index (χ3n) is 5.25. The Balaban J connectivity index is 2.21. The average Bonchev–Trinajstić information content (AvgIpc) is 2.46. The van der Waals surface area contributed by atoms with Crippen LogP contribution in [0.25, 0.3) is 0 Å². The van der Waals surface area contributed by atoms with E-state index in [1.165, 1.54) is 31.2 Å². The molecule has 0 amide bonds. The largest absolute Gasteiger partial charge is 0.315 e. The number of hydrogen-bond donors (Lipinski definition) is 1. The summed E-state index contributed by atoms with van der Waals surface area (Å²) in [6.45, 7) is 2.36. The van der Waals surface area contributed by atoms with E-state index in [1.54, 1.807) is 12.1 Å². The zero-order valence-electron chi connectivity index (χ0n) is 13.8. The van der Waals surface area contributed by atoms with Gasteiger partial charge in [0.1, 0.15) is 5.82 Å². The van der Waals surface area contributed by atoms with Gasteiger partial charge in [0.15, 0.2) is 0 Å². The van der Waals surface area contributed by atoms with Crippen molar-refractivity contribution < 1.29 is 4.39 Å². The lowest BCUT2D eigenvalue weighted by Gasteiger charge is -2.50. The van der Waals surface area contributed by atoms with Crippen molar-refractivity contribution in [3.63, 3.8) is 0 Å². The van der Waals surface area contributed by atoms with Gasteiger partial charge in [0.05, 0.1) is 0 Å². The second kappa shape index (κ2) is 6.89. The first-order valence-electron chi connectivity index (χ1n) is 8.07. The van der Waals surface area contributed by atoms with Crippen LogP contribution in [0.4, 0.5) is 4.39 Å². The molecular weight excluding hydrogens is 263 g/mol. The van der Waals surface area contributed by atoms with Gasteiger partial charge < -0.3 is 10.2 Å². The van der Waals surface area contributed by atoms with Crippen LogP contribution in [-0.4, -0.2) is 37.6 Å². The van der Waals surface area contributed by atoms with E-state index in [1.807, 2.05) is 12.1 Å². The highest BCUT2D eigenvalue weighted by atomic mass is 19.1. The summed E-state index contributed by atoms with van der Waals surface area (Å²) in [7, 11) is 6.46. The Bertz CT molecular complexity index is 443. The van der Waals surface area contributed by atoms with Crippen molar-refractivity contribution in [1.29, 1.82) is 0 Å². The Morgan fingerprint density at radius 3 is 2.52 bits per heavy atom. The van der Waals surface area contributed by atoms with E-state index in [-0.39, 0.29) is 11.4 Å². The van der Waals surface area contributed by atoms with Gasteiger partial charge >= 0.3 is 0 Å². The van der Waals surface area contributed by atoms with E-state index in [0.717, 1.165) is 12.3 Å². The average molecular weight is 292 g/mol. The summed E-state index contributed by atoms with van der Waals surface area (Å²) < 4.78 is 13.1. The fourth-order valence-electron chi connectivity index (χ4n) is 4.02. The molecule has 1 fully saturated rings. The highest BCUT2D eigenvalue weighted by molar-refractivity contribution is 5.19. The first kappa shape index (κ1) is 16.4. The number of hydrogen-bond acceptors (Lipinski definition) is 2. The Morgan fingerprint density at radius 1 is 1.33 bits per heavy atom. The van der Waals surface area contributed by atoms with Crippen molar-refractivity contribution in [2.75, 3.05) is 21.1 Å². The number of nitrogens with one attached hydrogen (secondary N) is 1. The Kier molecular flexibility index (Phi) is 5.39. The normalized spacial score (nSPS) is 27.8. The molecule has 3 heteroatoms. The van der Waals surface area contributed by atoms with E-state index < -0.39 is 0 Å². The molecule has 2 nitrogen and oxygen atoms in total. The molecule has 0 saturated heterocycles. The molecule has 1 aliphatic rings. The number of likely N-dealkylation sites (N-methyl/N-ethyl adjacent to an activating group) is 2. The molecule has 0 heterocycles. The number of nitrogens with zero attached hydrogens (tertiary/aromatic N) is 1. The second-order valence-corrected chi connectivity index (χ2v) is 6.87. The lowest BCUT2D eigenvalue weighted by Crippen LogP contribution is -2.61. The van der Waals surface area contributed by atoms with Crippen LogP contribution in [0.1, 0.15) is 38.2 Å². The number of halogens is 1. The monoisotopic (exact) mass is 292 g/mol. The van der Waals surface area contributed by atoms with Crippen molar-refractivity contribution in [1.82, 2.24) is 10.2 Å². The Hall–Kier alpha value is -0.930. The van der Waals surface area contributed by atoms with Crippen LogP contribution >= 0.6 is 0 Å². The SMILES string of the molecule is CNC(Cc1ccc(F)cc1)C1(N(C)C)CCCC(C)C1. The maximum absolute atomic E-state index is 13.1.